The second-order valence-electron chi connectivity index (χ2n) is 8.55. The fraction of sp³-hybridized carbons (Fsp3) is 0.952. The first kappa shape index (κ1) is 28.5. The van der Waals surface area contributed by atoms with E-state index in [2.05, 4.69) is 6.92 Å². The second-order valence-corrected chi connectivity index (χ2v) is 11.0. The van der Waals surface area contributed by atoms with Gasteiger partial charge in [-0.3, -0.25) is 14.8 Å². The zero-order chi connectivity index (χ0) is 22.4. The molecule has 3 N–H and O–H groups in total. The normalized spacial score (nSPS) is 14.7. The van der Waals surface area contributed by atoms with Gasteiger partial charge in [-0.1, -0.05) is 77.6 Å². The molecule has 7 nitrogen and oxygen atoms in total. The molecule has 0 aromatic heterocycles. The Hall–Kier alpha value is -0.460. The molecule has 1 unspecified atom stereocenters. The molecule has 0 aromatic carbocycles. The van der Waals surface area contributed by atoms with Gasteiger partial charge in [0.05, 0.1) is 20.6 Å². The maximum atomic E-state index is 12.8. The van der Waals surface area contributed by atoms with E-state index in [4.69, 9.17) is 14.8 Å². The third kappa shape index (κ3) is 8.66. The highest BCUT2D eigenvalue weighted by molar-refractivity contribution is 7.56. The topological polar surface area (TPSA) is 98.9 Å². The van der Waals surface area contributed by atoms with Crippen molar-refractivity contribution < 1.29 is 28.0 Å². The predicted molar refractivity (Wildman–Crippen MR) is 119 cm³/mol. The van der Waals surface area contributed by atoms with Crippen molar-refractivity contribution in [3.63, 3.8) is 0 Å². The van der Waals surface area contributed by atoms with Crippen LogP contribution in [0, 0.1) is 0 Å². The van der Waals surface area contributed by atoms with Crippen molar-refractivity contribution in [3.8, 4) is 0 Å². The van der Waals surface area contributed by atoms with Crippen LogP contribution in [0.2, 0.25) is 0 Å². The number of aliphatic carboxylic acids is 1. The molecule has 0 heterocycles. The molecule has 0 saturated carbocycles. The highest BCUT2D eigenvalue weighted by atomic mass is 31.2. The fourth-order valence-corrected chi connectivity index (χ4v) is 5.46. The summed E-state index contributed by atoms with van der Waals surface area (Å²) >= 11 is 0. The summed E-state index contributed by atoms with van der Waals surface area (Å²) in [6.07, 6.45) is 16.1. The van der Waals surface area contributed by atoms with Gasteiger partial charge in [0, 0.05) is 14.2 Å². The van der Waals surface area contributed by atoms with Crippen molar-refractivity contribution in [2.24, 2.45) is 5.73 Å². The molecule has 174 valence electrons. The lowest BCUT2D eigenvalue weighted by atomic mass is 10.0. The lowest BCUT2D eigenvalue weighted by molar-refractivity contribution is -0.918. The van der Waals surface area contributed by atoms with Gasteiger partial charge in [-0.2, -0.15) is 0 Å². The number of carboxylic acids is 1. The second kappa shape index (κ2) is 14.5. The molecular weight excluding hydrogens is 391 g/mol. The Kier molecular flexibility index (Phi) is 14.3. The molecule has 0 rings (SSSR count). The first-order valence-electron chi connectivity index (χ1n) is 11.2. The number of quaternary nitrogens is 1. The smallest absolute Gasteiger partial charge is 0.418 e. The van der Waals surface area contributed by atoms with Crippen LogP contribution in [0.4, 0.5) is 0 Å². The molecule has 0 bridgehead atoms. The van der Waals surface area contributed by atoms with Crippen LogP contribution < -0.4 is 5.73 Å². The van der Waals surface area contributed by atoms with Gasteiger partial charge in [0.2, 0.25) is 0 Å². The van der Waals surface area contributed by atoms with Crippen molar-refractivity contribution in [2.45, 2.75) is 95.8 Å². The summed E-state index contributed by atoms with van der Waals surface area (Å²) in [5, 5.41) is 7.55. The first-order valence-corrected chi connectivity index (χ1v) is 12.7. The Morgan fingerprint density at radius 1 is 0.862 bits per heavy atom. The molecule has 0 aromatic rings. The van der Waals surface area contributed by atoms with E-state index in [-0.39, 0.29) is 4.48 Å². The Bertz CT molecular complexity index is 493. The van der Waals surface area contributed by atoms with Crippen molar-refractivity contribution >= 4 is 13.6 Å². The maximum absolute atomic E-state index is 12.8. The van der Waals surface area contributed by atoms with Gasteiger partial charge in [-0.25, -0.2) is 4.79 Å². The van der Waals surface area contributed by atoms with Crippen LogP contribution in [0.25, 0.3) is 0 Å². The molecule has 29 heavy (non-hydrogen) atoms. The van der Waals surface area contributed by atoms with Crippen LogP contribution in [0.1, 0.15) is 90.4 Å². The average molecular weight is 438 g/mol. The Balaban J connectivity index is 4.16. The molecule has 0 spiro atoms. The predicted octanol–water partition coefficient (Wildman–Crippen LogP) is 5.34. The first-order chi connectivity index (χ1) is 13.6. The molecule has 0 amide bonds. The van der Waals surface area contributed by atoms with Gasteiger partial charge in [0.15, 0.2) is 0 Å². The van der Waals surface area contributed by atoms with Gasteiger partial charge in [0.1, 0.15) is 0 Å². The van der Waals surface area contributed by atoms with E-state index < -0.39 is 19.0 Å². The molecule has 0 aliphatic rings. The number of nitrogens with two attached hydrogens (primary N) is 1. The number of unbranched alkanes of at least 4 members (excludes halogenated alkanes) is 12. The van der Waals surface area contributed by atoms with Crippen LogP contribution in [0.5, 0.6) is 0 Å². The van der Waals surface area contributed by atoms with E-state index in [1.165, 1.54) is 78.4 Å². The van der Waals surface area contributed by atoms with E-state index >= 15 is 0 Å². The third-order valence-electron chi connectivity index (χ3n) is 5.96. The SMILES string of the molecule is CCCCCCCCCCCCCCC[N+](C)(C)C(N)(C(=O)O)P(=O)(OC)OC. The van der Waals surface area contributed by atoms with Crippen molar-refractivity contribution in [1.82, 2.24) is 0 Å². The minimum absolute atomic E-state index is 0.167. The van der Waals surface area contributed by atoms with Crippen LogP contribution >= 0.6 is 7.60 Å². The molecule has 1 atom stereocenters. The fourth-order valence-electron chi connectivity index (χ4n) is 3.76. The van der Waals surface area contributed by atoms with Gasteiger partial charge in [-0.05, 0) is 12.8 Å². The highest BCUT2D eigenvalue weighted by Gasteiger charge is 2.65. The van der Waals surface area contributed by atoms with Crippen molar-refractivity contribution in [3.05, 3.63) is 0 Å². The molecule has 8 heteroatoms. The van der Waals surface area contributed by atoms with Gasteiger partial charge >= 0.3 is 19.0 Å². The quantitative estimate of drug-likeness (QED) is 0.123. The minimum Gasteiger partial charge on any atom is -0.475 e. The van der Waals surface area contributed by atoms with Crippen molar-refractivity contribution in [2.75, 3.05) is 34.9 Å². The lowest BCUT2D eigenvalue weighted by Crippen LogP contribution is -2.69. The van der Waals surface area contributed by atoms with E-state index in [0.717, 1.165) is 19.3 Å². The number of likely N-dealkylation sites (N-methyl/N-ethyl adjacent to an activating group) is 1. The largest absolute Gasteiger partial charge is 0.475 e. The van der Waals surface area contributed by atoms with Gasteiger partial charge in [0.25, 0.3) is 0 Å². The highest BCUT2D eigenvalue weighted by Crippen LogP contribution is 2.59. The molecule has 0 aliphatic carbocycles. The summed E-state index contributed by atoms with van der Waals surface area (Å²) in [6.45, 7) is 2.73. The summed E-state index contributed by atoms with van der Waals surface area (Å²) in [6, 6.07) is 0. The maximum Gasteiger partial charge on any atom is 0.418 e. The summed E-state index contributed by atoms with van der Waals surface area (Å²) < 4.78 is 22.5. The van der Waals surface area contributed by atoms with Crippen LogP contribution in [-0.2, 0) is 18.4 Å². The Morgan fingerprint density at radius 3 is 1.52 bits per heavy atom. The number of nitrogens with zero attached hydrogens (tertiary/aromatic N) is 1. The number of rotatable bonds is 19. The molecule has 0 saturated heterocycles. The van der Waals surface area contributed by atoms with Crippen LogP contribution in [0.3, 0.4) is 0 Å². The molecule has 0 fully saturated rings. The Morgan fingerprint density at radius 2 is 1.21 bits per heavy atom. The summed E-state index contributed by atoms with van der Waals surface area (Å²) in [7, 11) is 1.65. The lowest BCUT2D eigenvalue weighted by Gasteiger charge is -2.44. The monoisotopic (exact) mass is 437 g/mol. The van der Waals surface area contributed by atoms with Gasteiger partial charge < -0.3 is 14.2 Å². The minimum atomic E-state index is -4.02. The van der Waals surface area contributed by atoms with E-state index in [1.807, 2.05) is 0 Å². The average Bonchev–Trinajstić information content (AvgIpc) is 2.69. The van der Waals surface area contributed by atoms with E-state index in [1.54, 1.807) is 14.1 Å². The number of hydrogen-bond acceptors (Lipinski definition) is 5. The number of carboxylic acid groups (broad SMARTS) is 1. The van der Waals surface area contributed by atoms with Gasteiger partial charge in [-0.15, -0.1) is 0 Å². The number of carbonyl (C=O) groups is 1. The van der Waals surface area contributed by atoms with E-state index in [9.17, 15) is 14.5 Å². The zero-order valence-electron chi connectivity index (χ0n) is 19.5. The summed E-state index contributed by atoms with van der Waals surface area (Å²) in [5.74, 6) is -1.38. The van der Waals surface area contributed by atoms with E-state index in [0.29, 0.717) is 6.54 Å². The zero-order valence-corrected chi connectivity index (χ0v) is 20.3. The molecule has 0 aliphatic heterocycles. The van der Waals surface area contributed by atoms with Crippen LogP contribution in [-0.4, -0.2) is 55.8 Å². The van der Waals surface area contributed by atoms with Crippen LogP contribution in [0.15, 0.2) is 0 Å². The number of hydrogen-bond donors (Lipinski definition) is 2. The Labute approximate surface area is 178 Å². The standard InChI is InChI=1S/C21H45N2O5P/c1-6-7-8-9-10-11-12-13-14-15-16-17-18-19-23(2,3)21(22,20(24)25)29(26,27-4)28-5/h6-19,22H2,1-5H3/p+1. The molecule has 0 radical (unpaired) electrons. The summed E-state index contributed by atoms with van der Waals surface area (Å²) in [4.78, 5) is 11.9. The molecular formula is C21H46N2O5P+. The summed E-state index contributed by atoms with van der Waals surface area (Å²) in [5.41, 5.74) is 6.12. The van der Waals surface area contributed by atoms with Crippen molar-refractivity contribution in [1.29, 1.82) is 0 Å². The third-order valence-corrected chi connectivity index (χ3v) is 8.49.